The number of fused-ring (bicyclic) bond motifs is 7. The van der Waals surface area contributed by atoms with Gasteiger partial charge in [0, 0.05) is 16.7 Å². The first-order chi connectivity index (χ1) is 17.2. The molecule has 0 aromatic heterocycles. The topological polar surface area (TPSA) is 99.1 Å². The number of alkyl halides is 2. The number of hydrogen-bond donors (Lipinski definition) is 1. The van der Waals surface area contributed by atoms with Crippen LogP contribution in [0.15, 0.2) is 23.8 Å². The van der Waals surface area contributed by atoms with E-state index >= 15 is 8.78 Å². The third-order valence-electron chi connectivity index (χ3n) is 10.3. The molecule has 0 spiro atoms. The molecule has 1 saturated heterocycles. The van der Waals surface area contributed by atoms with Crippen LogP contribution in [0.1, 0.15) is 59.8 Å². The first-order valence-electron chi connectivity index (χ1n) is 13.2. The van der Waals surface area contributed by atoms with E-state index in [1.807, 2.05) is 0 Å². The Kier molecular flexibility index (Phi) is 5.18. The van der Waals surface area contributed by atoms with Gasteiger partial charge in [-0.05, 0) is 76.5 Å². The molecular formula is C28H34F2O7. The quantitative estimate of drug-likeness (QED) is 0.568. The Labute approximate surface area is 214 Å². The maximum atomic E-state index is 17.4. The molecule has 1 aliphatic heterocycles. The van der Waals surface area contributed by atoms with E-state index in [0.29, 0.717) is 0 Å². The number of carbonyl (C=O) groups excluding carboxylic acids is 3. The normalized spacial score (nSPS) is 49.4. The van der Waals surface area contributed by atoms with Gasteiger partial charge in [-0.1, -0.05) is 13.0 Å². The highest BCUT2D eigenvalue weighted by Crippen LogP contribution is 2.72. The van der Waals surface area contributed by atoms with Gasteiger partial charge in [0.15, 0.2) is 29.4 Å². The van der Waals surface area contributed by atoms with Gasteiger partial charge < -0.3 is 19.3 Å². The first-order valence-corrected chi connectivity index (χ1v) is 13.2. The van der Waals surface area contributed by atoms with Crippen LogP contribution in [0, 0.1) is 28.6 Å². The molecule has 9 atom stereocenters. The van der Waals surface area contributed by atoms with Gasteiger partial charge in [-0.3, -0.25) is 14.4 Å². The van der Waals surface area contributed by atoms with E-state index in [2.05, 4.69) is 0 Å². The molecule has 37 heavy (non-hydrogen) atoms. The SMILES string of the molecule is CC1(C)O[C@@H]2CC3C4C[C@H](F)C5=CC(=O)C=CC5(C)[C@@]4(F)C(O)CC3(C)[C@]2(C(=O)COC(=O)C2CC2)O1. The summed E-state index contributed by atoms with van der Waals surface area (Å²) >= 11 is 0. The predicted octanol–water partition coefficient (Wildman–Crippen LogP) is 3.33. The monoisotopic (exact) mass is 520 g/mol. The van der Waals surface area contributed by atoms with E-state index in [1.165, 1.54) is 19.1 Å². The lowest BCUT2D eigenvalue weighted by atomic mass is 9.44. The minimum absolute atomic E-state index is 0.0472. The highest BCUT2D eigenvalue weighted by molar-refractivity contribution is 6.01. The van der Waals surface area contributed by atoms with Crippen molar-refractivity contribution in [1.82, 2.24) is 0 Å². The van der Waals surface area contributed by atoms with Gasteiger partial charge in [0.2, 0.25) is 5.78 Å². The number of ketones is 2. The Morgan fingerprint density at radius 3 is 2.54 bits per heavy atom. The minimum Gasteiger partial charge on any atom is -0.457 e. The second-order valence-corrected chi connectivity index (χ2v) is 12.7. The third kappa shape index (κ3) is 3.11. The molecule has 5 unspecified atom stereocenters. The van der Waals surface area contributed by atoms with E-state index in [1.54, 1.807) is 20.8 Å². The van der Waals surface area contributed by atoms with Crippen LogP contribution in [0.4, 0.5) is 8.78 Å². The van der Waals surface area contributed by atoms with E-state index in [0.717, 1.165) is 18.9 Å². The molecule has 0 radical (unpaired) electrons. The van der Waals surface area contributed by atoms with Crippen molar-refractivity contribution in [3.05, 3.63) is 23.8 Å². The van der Waals surface area contributed by atoms with Crippen molar-refractivity contribution in [2.24, 2.45) is 28.6 Å². The summed E-state index contributed by atoms with van der Waals surface area (Å²) in [6.45, 7) is 6.20. The van der Waals surface area contributed by atoms with Gasteiger partial charge in [-0.25, -0.2) is 8.78 Å². The lowest BCUT2D eigenvalue weighted by Gasteiger charge is -2.63. The molecule has 0 bridgehead atoms. The average molecular weight is 521 g/mol. The summed E-state index contributed by atoms with van der Waals surface area (Å²) in [6.07, 6.45) is 1.20. The maximum Gasteiger partial charge on any atom is 0.309 e. The van der Waals surface area contributed by atoms with Crippen LogP contribution < -0.4 is 0 Å². The molecule has 9 heteroatoms. The van der Waals surface area contributed by atoms with Crippen molar-refractivity contribution in [3.63, 3.8) is 0 Å². The second-order valence-electron chi connectivity index (χ2n) is 12.7. The molecule has 7 nitrogen and oxygen atoms in total. The maximum absolute atomic E-state index is 17.4. The van der Waals surface area contributed by atoms with Crippen LogP contribution in [0.25, 0.3) is 0 Å². The summed E-state index contributed by atoms with van der Waals surface area (Å²) in [7, 11) is 0. The van der Waals surface area contributed by atoms with Crippen LogP contribution in [0.2, 0.25) is 0 Å². The number of halogens is 2. The lowest BCUT2D eigenvalue weighted by Crippen LogP contribution is -2.71. The van der Waals surface area contributed by atoms with Crippen molar-refractivity contribution >= 4 is 17.5 Å². The molecule has 202 valence electrons. The molecule has 0 aromatic carbocycles. The summed E-state index contributed by atoms with van der Waals surface area (Å²) < 4.78 is 50.9. The number of rotatable bonds is 4. The Morgan fingerprint density at radius 1 is 1.16 bits per heavy atom. The van der Waals surface area contributed by atoms with Gasteiger partial charge in [-0.2, -0.15) is 0 Å². The Morgan fingerprint density at radius 2 is 1.86 bits per heavy atom. The zero-order valence-corrected chi connectivity index (χ0v) is 21.6. The van der Waals surface area contributed by atoms with E-state index in [4.69, 9.17) is 14.2 Å². The van der Waals surface area contributed by atoms with Crippen molar-refractivity contribution in [3.8, 4) is 0 Å². The third-order valence-corrected chi connectivity index (χ3v) is 10.3. The van der Waals surface area contributed by atoms with Crippen LogP contribution >= 0.6 is 0 Å². The molecule has 5 aliphatic carbocycles. The zero-order valence-electron chi connectivity index (χ0n) is 21.6. The summed E-state index contributed by atoms with van der Waals surface area (Å²) in [5.41, 5.74) is -6.43. The highest BCUT2D eigenvalue weighted by Gasteiger charge is 2.80. The second kappa shape index (κ2) is 7.57. The van der Waals surface area contributed by atoms with Gasteiger partial charge in [0.25, 0.3) is 0 Å². The van der Waals surface area contributed by atoms with Gasteiger partial charge >= 0.3 is 5.97 Å². The molecule has 4 saturated carbocycles. The van der Waals surface area contributed by atoms with Crippen molar-refractivity contribution in [1.29, 1.82) is 0 Å². The fourth-order valence-electron chi connectivity index (χ4n) is 8.48. The number of aliphatic hydroxyl groups excluding tert-OH is 1. The average Bonchev–Trinajstić information content (AvgIpc) is 3.59. The molecule has 0 aromatic rings. The standard InChI is InChI=1S/C28H34F2O7/c1-24(2)36-22-11-16-17-10-19(29)18-9-15(31)7-8-25(18,3)27(17,30)20(32)12-26(16,4)28(22,37-24)21(33)13-35-23(34)14-5-6-14/h7-9,14,16-17,19-20,22,32H,5-6,10-13H2,1-4H3/t16?,17?,19-,20?,22+,25?,26?,27-,28+/m0/s1. The Balaban J connectivity index is 1.41. The minimum atomic E-state index is -2.26. The van der Waals surface area contributed by atoms with E-state index < -0.39 is 82.2 Å². The number of allylic oxidation sites excluding steroid dienone is 4. The molecular weight excluding hydrogens is 486 g/mol. The molecule has 1 N–H and O–H groups in total. The molecule has 0 amide bonds. The smallest absolute Gasteiger partial charge is 0.309 e. The molecule has 6 rings (SSSR count). The van der Waals surface area contributed by atoms with Gasteiger partial charge in [-0.15, -0.1) is 0 Å². The molecule has 5 fully saturated rings. The number of Topliss-reactive ketones (excluding diaryl/α,β-unsaturated/α-hetero) is 1. The summed E-state index contributed by atoms with van der Waals surface area (Å²) in [6, 6.07) is 0. The number of hydrogen-bond acceptors (Lipinski definition) is 7. The lowest BCUT2D eigenvalue weighted by molar-refractivity contribution is -0.249. The van der Waals surface area contributed by atoms with E-state index in [9.17, 15) is 19.5 Å². The summed E-state index contributed by atoms with van der Waals surface area (Å²) in [5, 5.41) is 11.5. The van der Waals surface area contributed by atoms with Crippen molar-refractivity contribution in [2.75, 3.05) is 6.61 Å². The van der Waals surface area contributed by atoms with Gasteiger partial charge in [0.05, 0.1) is 18.1 Å². The van der Waals surface area contributed by atoms with Crippen LogP contribution in [-0.2, 0) is 28.6 Å². The number of carbonyl (C=O) groups is 3. The Hall–Kier alpha value is -1.97. The molecule has 6 aliphatic rings. The van der Waals surface area contributed by atoms with Crippen LogP contribution in [0.3, 0.4) is 0 Å². The zero-order chi connectivity index (χ0) is 26.8. The van der Waals surface area contributed by atoms with Crippen LogP contribution in [-0.4, -0.2) is 64.7 Å². The van der Waals surface area contributed by atoms with Crippen molar-refractivity contribution in [2.45, 2.75) is 95.2 Å². The number of esters is 1. The molecule has 1 heterocycles. The van der Waals surface area contributed by atoms with Crippen molar-refractivity contribution < 1.29 is 42.5 Å². The summed E-state index contributed by atoms with van der Waals surface area (Å²) in [5.74, 6) is -4.16. The first kappa shape index (κ1) is 25.3. The fourth-order valence-corrected chi connectivity index (χ4v) is 8.48. The number of aliphatic hydroxyl groups is 1. The largest absolute Gasteiger partial charge is 0.457 e. The predicted molar refractivity (Wildman–Crippen MR) is 125 cm³/mol. The van der Waals surface area contributed by atoms with Gasteiger partial charge in [0.1, 0.15) is 6.17 Å². The number of ether oxygens (including phenoxy) is 3. The Bertz CT molecular complexity index is 1140. The highest BCUT2D eigenvalue weighted by atomic mass is 19.1. The fraction of sp³-hybridized carbons (Fsp3) is 0.750. The summed E-state index contributed by atoms with van der Waals surface area (Å²) in [4.78, 5) is 38.1. The van der Waals surface area contributed by atoms with Crippen LogP contribution in [0.5, 0.6) is 0 Å². The van der Waals surface area contributed by atoms with E-state index in [-0.39, 0.29) is 30.8 Å².